The highest BCUT2D eigenvalue weighted by Crippen LogP contribution is 2.30. The Labute approximate surface area is 219 Å². The number of thioether (sulfide) groups is 1. The fourth-order valence-electron chi connectivity index (χ4n) is 5.53. The van der Waals surface area contributed by atoms with Crippen molar-refractivity contribution < 1.29 is 14.0 Å². The second kappa shape index (κ2) is 11.8. The van der Waals surface area contributed by atoms with Crippen molar-refractivity contribution >= 4 is 34.6 Å². The molecule has 3 heterocycles. The Balaban J connectivity index is 1.56. The predicted molar refractivity (Wildman–Crippen MR) is 142 cm³/mol. The summed E-state index contributed by atoms with van der Waals surface area (Å²) in [6.07, 6.45) is 5.43. The minimum absolute atomic E-state index is 0.0802. The second-order valence-electron chi connectivity index (χ2n) is 10.6. The van der Waals surface area contributed by atoms with Crippen LogP contribution < -0.4 is 21.9 Å². The van der Waals surface area contributed by atoms with Gasteiger partial charge in [0, 0.05) is 25.0 Å². The molecule has 2 amide bonds. The minimum Gasteiger partial charge on any atom is -0.352 e. The van der Waals surface area contributed by atoms with E-state index in [2.05, 4.69) is 15.6 Å². The van der Waals surface area contributed by atoms with Gasteiger partial charge in [0.2, 0.25) is 11.8 Å². The third-order valence-electron chi connectivity index (χ3n) is 7.29. The molecule has 1 atom stereocenters. The molecule has 0 bridgehead atoms. The number of carbonyl (C=O) groups is 2. The molecule has 2 N–H and O–H groups in total. The Kier molecular flexibility index (Phi) is 8.71. The van der Waals surface area contributed by atoms with E-state index >= 15 is 0 Å². The van der Waals surface area contributed by atoms with Gasteiger partial charge in [-0.25, -0.2) is 14.2 Å². The van der Waals surface area contributed by atoms with E-state index in [-0.39, 0.29) is 52.6 Å². The van der Waals surface area contributed by atoms with E-state index in [0.717, 1.165) is 30.5 Å². The zero-order valence-electron chi connectivity index (χ0n) is 21.7. The third kappa shape index (κ3) is 6.25. The van der Waals surface area contributed by atoms with Crippen molar-refractivity contribution in [1.29, 1.82) is 0 Å². The lowest BCUT2D eigenvalue weighted by Crippen LogP contribution is -2.51. The lowest BCUT2D eigenvalue weighted by atomic mass is 9.90. The highest BCUT2D eigenvalue weighted by atomic mass is 32.2. The van der Waals surface area contributed by atoms with Gasteiger partial charge in [-0.15, -0.1) is 0 Å². The van der Waals surface area contributed by atoms with E-state index in [4.69, 9.17) is 0 Å². The fourth-order valence-corrected chi connectivity index (χ4v) is 6.61. The summed E-state index contributed by atoms with van der Waals surface area (Å²) in [6, 6.07) is 0.0501. The van der Waals surface area contributed by atoms with Crippen LogP contribution >= 0.6 is 11.8 Å². The summed E-state index contributed by atoms with van der Waals surface area (Å²) in [5.74, 6) is 0.998. The number of carbonyl (C=O) groups excluding carboxylic acids is 2. The number of nitrogens with one attached hydrogen (secondary N) is 2. The van der Waals surface area contributed by atoms with Crippen molar-refractivity contribution in [3.63, 3.8) is 0 Å². The van der Waals surface area contributed by atoms with Crippen molar-refractivity contribution in [2.75, 3.05) is 11.5 Å². The van der Waals surface area contributed by atoms with E-state index in [0.29, 0.717) is 32.1 Å². The third-order valence-corrected chi connectivity index (χ3v) is 8.34. The first-order valence-electron chi connectivity index (χ1n) is 13.1. The molecule has 9 nitrogen and oxygen atoms in total. The van der Waals surface area contributed by atoms with Gasteiger partial charge >= 0.3 is 5.69 Å². The average molecular weight is 534 g/mol. The zero-order chi connectivity index (χ0) is 26.7. The number of amides is 2. The first-order chi connectivity index (χ1) is 17.7. The monoisotopic (exact) mass is 533 g/mol. The molecule has 1 aliphatic carbocycles. The van der Waals surface area contributed by atoms with Gasteiger partial charge in [-0.05, 0) is 68.4 Å². The Morgan fingerprint density at radius 2 is 1.73 bits per heavy atom. The SMILES string of the molecule is CC(=O)N[C@@H](CC(C)C)C(=O)NC1CCC(n2c(=O)c3cc(F)cnc3n(C3CCSCC3)c2=O)CC1. The minimum atomic E-state index is -0.609. The van der Waals surface area contributed by atoms with Crippen molar-refractivity contribution in [2.24, 2.45) is 5.92 Å². The summed E-state index contributed by atoms with van der Waals surface area (Å²) in [4.78, 5) is 55.7. The van der Waals surface area contributed by atoms with E-state index in [1.165, 1.54) is 17.6 Å². The first-order valence-corrected chi connectivity index (χ1v) is 14.3. The molecule has 0 unspecified atom stereocenters. The van der Waals surface area contributed by atoms with E-state index in [1.54, 1.807) is 4.57 Å². The number of pyridine rings is 1. The summed E-state index contributed by atoms with van der Waals surface area (Å²) in [6.45, 7) is 5.39. The summed E-state index contributed by atoms with van der Waals surface area (Å²) in [7, 11) is 0. The molecule has 0 spiro atoms. The molecule has 202 valence electrons. The normalized spacial score (nSPS) is 21.6. The van der Waals surface area contributed by atoms with E-state index in [9.17, 15) is 23.6 Å². The van der Waals surface area contributed by atoms with Crippen LogP contribution in [0.2, 0.25) is 0 Å². The van der Waals surface area contributed by atoms with E-state index in [1.807, 2.05) is 25.6 Å². The van der Waals surface area contributed by atoms with Gasteiger partial charge in [0.05, 0.1) is 11.6 Å². The van der Waals surface area contributed by atoms with Crippen LogP contribution in [0.5, 0.6) is 0 Å². The van der Waals surface area contributed by atoms with Gasteiger partial charge in [-0.2, -0.15) is 11.8 Å². The maximum atomic E-state index is 14.1. The van der Waals surface area contributed by atoms with Gasteiger partial charge in [-0.1, -0.05) is 13.8 Å². The molecule has 4 rings (SSSR count). The first kappa shape index (κ1) is 27.3. The van der Waals surface area contributed by atoms with Crippen LogP contribution in [0.1, 0.15) is 77.8 Å². The van der Waals surface area contributed by atoms with E-state index < -0.39 is 17.4 Å². The highest BCUT2D eigenvalue weighted by molar-refractivity contribution is 7.99. The fraction of sp³-hybridized carbons (Fsp3) is 0.654. The number of hydrogen-bond donors (Lipinski definition) is 2. The number of hydrogen-bond acceptors (Lipinski definition) is 6. The molecule has 2 aliphatic rings. The molecular formula is C26H36FN5O4S. The quantitative estimate of drug-likeness (QED) is 0.566. The van der Waals surface area contributed by atoms with Gasteiger partial charge in [0.25, 0.3) is 5.56 Å². The number of rotatable bonds is 7. The summed E-state index contributed by atoms with van der Waals surface area (Å²) in [5, 5.41) is 5.90. The Hall–Kier alpha value is -2.69. The van der Waals surface area contributed by atoms with Crippen molar-refractivity contribution in [3.05, 3.63) is 38.9 Å². The lowest BCUT2D eigenvalue weighted by molar-refractivity contribution is -0.129. The van der Waals surface area contributed by atoms with Gasteiger partial charge in [0.15, 0.2) is 0 Å². The van der Waals surface area contributed by atoms with Crippen molar-refractivity contribution in [2.45, 2.75) is 89.9 Å². The predicted octanol–water partition coefficient (Wildman–Crippen LogP) is 2.92. The van der Waals surface area contributed by atoms with Gasteiger partial charge in [0.1, 0.15) is 17.5 Å². The number of nitrogens with zero attached hydrogens (tertiary/aromatic N) is 3. The molecule has 2 aromatic heterocycles. The van der Waals surface area contributed by atoms with Crippen LogP contribution in [-0.2, 0) is 9.59 Å². The van der Waals surface area contributed by atoms with Crippen molar-refractivity contribution in [1.82, 2.24) is 24.8 Å². The Morgan fingerprint density at radius 1 is 1.08 bits per heavy atom. The van der Waals surface area contributed by atoms with Crippen LogP contribution in [0.15, 0.2) is 21.9 Å². The molecule has 0 aromatic carbocycles. The molecule has 2 aromatic rings. The molecule has 11 heteroatoms. The summed E-state index contributed by atoms with van der Waals surface area (Å²) in [5.41, 5.74) is -0.646. The molecule has 0 radical (unpaired) electrons. The van der Waals surface area contributed by atoms with Crippen LogP contribution in [-0.4, -0.2) is 49.5 Å². The smallest absolute Gasteiger partial charge is 0.333 e. The van der Waals surface area contributed by atoms with Crippen LogP contribution in [0.3, 0.4) is 0 Å². The highest BCUT2D eigenvalue weighted by Gasteiger charge is 2.31. The Morgan fingerprint density at radius 3 is 2.35 bits per heavy atom. The standard InChI is InChI=1S/C26H36FN5O4S/c1-15(2)12-22(29-16(3)33)24(34)30-18-4-6-19(7-5-18)32-25(35)21-13-17(27)14-28-23(21)31(26(32)36)20-8-10-37-11-9-20/h13-15,18-20,22H,4-12H2,1-3H3,(H,29,33)(H,30,34)/t18?,19?,22-/m0/s1. The molecule has 37 heavy (non-hydrogen) atoms. The summed E-state index contributed by atoms with van der Waals surface area (Å²) < 4.78 is 17.0. The largest absolute Gasteiger partial charge is 0.352 e. The van der Waals surface area contributed by atoms with Crippen molar-refractivity contribution in [3.8, 4) is 0 Å². The lowest BCUT2D eigenvalue weighted by Gasteiger charge is -2.32. The molecule has 2 fully saturated rings. The molecule has 1 aliphatic heterocycles. The molecular weight excluding hydrogens is 497 g/mol. The Bertz CT molecular complexity index is 1260. The summed E-state index contributed by atoms with van der Waals surface area (Å²) >= 11 is 1.83. The maximum Gasteiger partial charge on any atom is 0.333 e. The number of aromatic nitrogens is 3. The van der Waals surface area contributed by atoms with Crippen LogP contribution in [0, 0.1) is 11.7 Å². The van der Waals surface area contributed by atoms with Gasteiger partial charge < -0.3 is 10.6 Å². The maximum absolute atomic E-state index is 14.1. The van der Waals surface area contributed by atoms with Crippen LogP contribution in [0.4, 0.5) is 4.39 Å². The topological polar surface area (TPSA) is 115 Å². The zero-order valence-corrected chi connectivity index (χ0v) is 22.5. The number of halogens is 1. The number of fused-ring (bicyclic) bond motifs is 1. The molecule has 1 saturated carbocycles. The van der Waals surface area contributed by atoms with Crippen LogP contribution in [0.25, 0.3) is 11.0 Å². The average Bonchev–Trinajstić information content (AvgIpc) is 2.85. The second-order valence-corrected chi connectivity index (χ2v) is 11.8. The molecule has 1 saturated heterocycles. The van der Waals surface area contributed by atoms with Gasteiger partial charge in [-0.3, -0.25) is 23.5 Å².